The average Bonchev–Trinajstić information content (AvgIpc) is 2.83. The number of aryl methyl sites for hydroxylation is 1. The maximum absolute atomic E-state index is 4.42. The van der Waals surface area contributed by atoms with Crippen LogP contribution in [0.1, 0.15) is 17.4 Å². The number of nitrogens with zero attached hydrogens (tertiary/aromatic N) is 3. The van der Waals surface area contributed by atoms with Gasteiger partial charge in [0.25, 0.3) is 0 Å². The van der Waals surface area contributed by atoms with E-state index >= 15 is 0 Å². The Morgan fingerprint density at radius 1 is 1.39 bits per heavy atom. The van der Waals surface area contributed by atoms with Gasteiger partial charge >= 0.3 is 0 Å². The van der Waals surface area contributed by atoms with Crippen molar-refractivity contribution < 1.29 is 0 Å². The maximum atomic E-state index is 4.42. The van der Waals surface area contributed by atoms with Crippen molar-refractivity contribution in [3.63, 3.8) is 0 Å². The lowest BCUT2D eigenvalue weighted by Crippen LogP contribution is -1.88. The highest BCUT2D eigenvalue weighted by Crippen LogP contribution is 2.23. The zero-order chi connectivity index (χ0) is 13.0. The van der Waals surface area contributed by atoms with Gasteiger partial charge in [-0.15, -0.1) is 11.3 Å². The van der Waals surface area contributed by atoms with Crippen molar-refractivity contribution in [2.24, 2.45) is 4.99 Å². The highest BCUT2D eigenvalue weighted by atomic mass is 32.1. The van der Waals surface area contributed by atoms with Crippen LogP contribution in [-0.4, -0.2) is 22.7 Å². The van der Waals surface area contributed by atoms with Gasteiger partial charge < -0.3 is 0 Å². The van der Waals surface area contributed by atoms with Gasteiger partial charge in [0.2, 0.25) is 0 Å². The molecule has 0 saturated carbocycles. The zero-order valence-electron chi connectivity index (χ0n) is 10.6. The molecule has 0 bridgehead atoms. The van der Waals surface area contributed by atoms with E-state index in [4.69, 9.17) is 0 Å². The summed E-state index contributed by atoms with van der Waals surface area (Å²) in [5.74, 6) is 0. The van der Waals surface area contributed by atoms with Gasteiger partial charge in [-0.25, -0.2) is 4.98 Å². The fourth-order valence-corrected chi connectivity index (χ4v) is 2.20. The number of hydrogen-bond donors (Lipinski definition) is 0. The van der Waals surface area contributed by atoms with Gasteiger partial charge in [0, 0.05) is 35.6 Å². The molecule has 0 aliphatic carbocycles. The third kappa shape index (κ3) is 2.90. The summed E-state index contributed by atoms with van der Waals surface area (Å²) in [6, 6.07) is 3.97. The summed E-state index contributed by atoms with van der Waals surface area (Å²) in [5.41, 5.74) is 2.77. The summed E-state index contributed by atoms with van der Waals surface area (Å²) in [5, 5.41) is 0.951. The van der Waals surface area contributed by atoms with Gasteiger partial charge in [0.15, 0.2) is 0 Å². The molecular formula is C14H15N3S. The Morgan fingerprint density at radius 2 is 2.22 bits per heavy atom. The first-order valence-electron chi connectivity index (χ1n) is 5.78. The third-order valence-corrected chi connectivity index (χ3v) is 3.34. The molecule has 0 fully saturated rings. The van der Waals surface area contributed by atoms with Crippen LogP contribution in [0.3, 0.4) is 0 Å². The standard InChI is InChI=1S/C14H15N3S/c1-4-15-7-10(2)12-5-6-13(16-9-12)14-17-8-11(3)18-14/h5-9H,2,4H2,1,3H3. The maximum Gasteiger partial charge on any atom is 0.142 e. The summed E-state index contributed by atoms with van der Waals surface area (Å²) < 4.78 is 0. The van der Waals surface area contributed by atoms with Gasteiger partial charge in [-0.2, -0.15) is 0 Å². The second kappa shape index (κ2) is 5.69. The minimum Gasteiger partial charge on any atom is -0.293 e. The van der Waals surface area contributed by atoms with E-state index < -0.39 is 0 Å². The number of aliphatic imine (C=N–C) groups is 1. The Hall–Kier alpha value is -1.81. The third-order valence-electron chi connectivity index (χ3n) is 2.40. The van der Waals surface area contributed by atoms with Crippen LogP contribution in [0.2, 0.25) is 0 Å². The highest BCUT2D eigenvalue weighted by molar-refractivity contribution is 7.14. The highest BCUT2D eigenvalue weighted by Gasteiger charge is 2.04. The smallest absolute Gasteiger partial charge is 0.142 e. The van der Waals surface area contributed by atoms with Crippen molar-refractivity contribution in [3.05, 3.63) is 41.5 Å². The van der Waals surface area contributed by atoms with Crippen molar-refractivity contribution in [2.45, 2.75) is 13.8 Å². The summed E-state index contributed by atoms with van der Waals surface area (Å²) in [6.45, 7) is 8.77. The fourth-order valence-electron chi connectivity index (χ4n) is 1.46. The second-order valence-electron chi connectivity index (χ2n) is 3.86. The van der Waals surface area contributed by atoms with E-state index in [0.717, 1.165) is 28.4 Å². The molecule has 2 rings (SSSR count). The molecule has 0 spiro atoms. The molecule has 0 radical (unpaired) electrons. The van der Waals surface area contributed by atoms with Crippen LogP contribution in [0, 0.1) is 6.92 Å². The molecule has 2 aromatic rings. The predicted octanol–water partition coefficient (Wildman–Crippen LogP) is 3.62. The Bertz CT molecular complexity index is 567. The lowest BCUT2D eigenvalue weighted by Gasteiger charge is -2.00. The first-order chi connectivity index (χ1) is 8.70. The number of thiazole rings is 1. The minimum atomic E-state index is 0.767. The monoisotopic (exact) mass is 257 g/mol. The van der Waals surface area contributed by atoms with Crippen molar-refractivity contribution in [2.75, 3.05) is 6.54 Å². The van der Waals surface area contributed by atoms with Crippen molar-refractivity contribution in [1.29, 1.82) is 0 Å². The molecule has 0 aliphatic rings. The molecule has 92 valence electrons. The second-order valence-corrected chi connectivity index (χ2v) is 5.10. The lowest BCUT2D eigenvalue weighted by atomic mass is 10.1. The van der Waals surface area contributed by atoms with Crippen LogP contribution in [0.5, 0.6) is 0 Å². The van der Waals surface area contributed by atoms with E-state index in [0.29, 0.717) is 0 Å². The lowest BCUT2D eigenvalue weighted by molar-refractivity contribution is 1.14. The zero-order valence-corrected chi connectivity index (χ0v) is 11.4. The summed E-state index contributed by atoms with van der Waals surface area (Å²) in [4.78, 5) is 14.1. The Kier molecular flexibility index (Phi) is 3.99. The van der Waals surface area contributed by atoms with Crippen molar-refractivity contribution >= 4 is 23.1 Å². The van der Waals surface area contributed by atoms with Crippen LogP contribution in [0.25, 0.3) is 16.3 Å². The topological polar surface area (TPSA) is 38.1 Å². The fraction of sp³-hybridized carbons (Fsp3) is 0.214. The van der Waals surface area contributed by atoms with Crippen LogP contribution >= 0.6 is 11.3 Å². The molecule has 0 N–H and O–H groups in total. The SMILES string of the molecule is C=C(C=NCC)c1ccc(-c2ncc(C)s2)nc1. The predicted molar refractivity (Wildman–Crippen MR) is 78.1 cm³/mol. The normalized spacial score (nSPS) is 11.0. The average molecular weight is 257 g/mol. The van der Waals surface area contributed by atoms with Crippen LogP contribution in [-0.2, 0) is 0 Å². The molecule has 2 heterocycles. The molecule has 4 heteroatoms. The molecule has 0 atom stereocenters. The van der Waals surface area contributed by atoms with Crippen molar-refractivity contribution in [1.82, 2.24) is 9.97 Å². The quantitative estimate of drug-likeness (QED) is 0.785. The largest absolute Gasteiger partial charge is 0.293 e. The molecule has 0 amide bonds. The molecule has 0 aromatic carbocycles. The molecule has 18 heavy (non-hydrogen) atoms. The Morgan fingerprint density at radius 3 is 2.78 bits per heavy atom. The molecule has 0 saturated heterocycles. The number of allylic oxidation sites excluding steroid dienone is 1. The van der Waals surface area contributed by atoms with Crippen LogP contribution < -0.4 is 0 Å². The number of aromatic nitrogens is 2. The van der Waals surface area contributed by atoms with E-state index in [1.165, 1.54) is 4.88 Å². The first kappa shape index (κ1) is 12.6. The molecular weight excluding hydrogens is 242 g/mol. The van der Waals surface area contributed by atoms with E-state index in [2.05, 4.69) is 21.5 Å². The van der Waals surface area contributed by atoms with E-state index in [1.807, 2.05) is 38.4 Å². The molecule has 0 unspecified atom stereocenters. The molecule has 3 nitrogen and oxygen atoms in total. The van der Waals surface area contributed by atoms with E-state index in [1.54, 1.807) is 17.6 Å². The minimum absolute atomic E-state index is 0.767. The van der Waals surface area contributed by atoms with E-state index in [-0.39, 0.29) is 0 Å². The molecule has 0 aliphatic heterocycles. The summed E-state index contributed by atoms with van der Waals surface area (Å²) in [6.07, 6.45) is 5.46. The number of pyridine rings is 1. The summed E-state index contributed by atoms with van der Waals surface area (Å²) in [7, 11) is 0. The van der Waals surface area contributed by atoms with Gasteiger partial charge in [0.1, 0.15) is 5.01 Å². The molecule has 2 aromatic heterocycles. The van der Waals surface area contributed by atoms with Crippen molar-refractivity contribution in [3.8, 4) is 10.7 Å². The number of rotatable bonds is 4. The van der Waals surface area contributed by atoms with Gasteiger partial charge in [-0.05, 0) is 25.5 Å². The van der Waals surface area contributed by atoms with E-state index in [9.17, 15) is 0 Å². The van der Waals surface area contributed by atoms with Crippen LogP contribution in [0.15, 0.2) is 36.1 Å². The number of hydrogen-bond acceptors (Lipinski definition) is 4. The van der Waals surface area contributed by atoms with Gasteiger partial charge in [-0.3, -0.25) is 9.98 Å². The summed E-state index contributed by atoms with van der Waals surface area (Å²) >= 11 is 1.65. The first-order valence-corrected chi connectivity index (χ1v) is 6.60. The van der Waals surface area contributed by atoms with Gasteiger partial charge in [0.05, 0.1) is 5.69 Å². The van der Waals surface area contributed by atoms with Gasteiger partial charge in [-0.1, -0.05) is 12.6 Å². The Balaban J connectivity index is 2.20. The Labute approximate surface area is 111 Å². The van der Waals surface area contributed by atoms with Crippen LogP contribution in [0.4, 0.5) is 0 Å².